The molecule has 198 valence electrons. The van der Waals surface area contributed by atoms with Gasteiger partial charge in [-0.05, 0) is 48.7 Å². The van der Waals surface area contributed by atoms with Crippen LogP contribution in [0.5, 0.6) is 5.75 Å². The molecule has 4 rings (SSSR count). The molecule has 3 amide bonds. The number of carbonyl (C=O) groups excluding carboxylic acids is 3. The summed E-state index contributed by atoms with van der Waals surface area (Å²) in [6.45, 7) is 3.97. The number of hydrogen-bond donors (Lipinski definition) is 1. The maximum absolute atomic E-state index is 15.0. The highest BCUT2D eigenvalue weighted by Crippen LogP contribution is 2.28. The highest BCUT2D eigenvalue weighted by Gasteiger charge is 2.33. The molecule has 1 N–H and O–H groups in total. The summed E-state index contributed by atoms with van der Waals surface area (Å²) in [4.78, 5) is 41.1. The normalized spacial score (nSPS) is 17.5. The van der Waals surface area contributed by atoms with Gasteiger partial charge in [-0.1, -0.05) is 12.1 Å². The average molecular weight is 513 g/mol. The van der Waals surface area contributed by atoms with Crippen molar-refractivity contribution in [3.63, 3.8) is 0 Å². The first-order valence-corrected chi connectivity index (χ1v) is 12.5. The van der Waals surface area contributed by atoms with E-state index in [4.69, 9.17) is 9.47 Å². The van der Waals surface area contributed by atoms with Crippen molar-refractivity contribution < 1.29 is 28.2 Å². The van der Waals surface area contributed by atoms with Crippen LogP contribution in [0.1, 0.15) is 25.3 Å². The van der Waals surface area contributed by atoms with Crippen molar-refractivity contribution >= 4 is 29.3 Å². The minimum Gasteiger partial charge on any atom is -0.497 e. The largest absolute Gasteiger partial charge is 0.497 e. The number of ether oxygens (including phenoxy) is 2. The van der Waals surface area contributed by atoms with E-state index in [0.29, 0.717) is 44.0 Å². The molecular weight excluding hydrogens is 479 g/mol. The molecule has 2 fully saturated rings. The van der Waals surface area contributed by atoms with E-state index in [-0.39, 0.29) is 24.9 Å². The Morgan fingerprint density at radius 3 is 2.49 bits per heavy atom. The van der Waals surface area contributed by atoms with Crippen molar-refractivity contribution in [2.75, 3.05) is 56.2 Å². The predicted octanol–water partition coefficient (Wildman–Crippen LogP) is 2.97. The van der Waals surface area contributed by atoms with E-state index in [1.54, 1.807) is 19.2 Å². The Kier molecular flexibility index (Phi) is 8.47. The van der Waals surface area contributed by atoms with E-state index in [2.05, 4.69) is 5.32 Å². The molecule has 2 aliphatic rings. The molecule has 0 saturated carbocycles. The maximum Gasteiger partial charge on any atom is 0.414 e. The van der Waals surface area contributed by atoms with Gasteiger partial charge in [0.1, 0.15) is 17.7 Å². The Balaban J connectivity index is 1.25. The Bertz CT molecular complexity index is 1120. The number of cyclic esters (lactones) is 1. The number of amides is 3. The van der Waals surface area contributed by atoms with Gasteiger partial charge in [0.15, 0.2) is 0 Å². The van der Waals surface area contributed by atoms with Crippen molar-refractivity contribution in [1.82, 2.24) is 10.2 Å². The van der Waals surface area contributed by atoms with Gasteiger partial charge in [-0.25, -0.2) is 9.18 Å². The highest BCUT2D eigenvalue weighted by molar-refractivity contribution is 5.90. The fraction of sp³-hybridized carbons (Fsp3) is 0.444. The fourth-order valence-corrected chi connectivity index (χ4v) is 4.61. The van der Waals surface area contributed by atoms with Gasteiger partial charge in [0, 0.05) is 39.5 Å². The maximum atomic E-state index is 15.0. The zero-order chi connectivity index (χ0) is 26.4. The van der Waals surface area contributed by atoms with Crippen LogP contribution in [0.15, 0.2) is 42.5 Å². The molecule has 2 aromatic rings. The van der Waals surface area contributed by atoms with Gasteiger partial charge < -0.3 is 24.6 Å². The summed E-state index contributed by atoms with van der Waals surface area (Å²) in [6, 6.07) is 12.5. The first-order valence-electron chi connectivity index (χ1n) is 12.5. The number of nitrogens with one attached hydrogen (secondary N) is 1. The molecule has 2 aliphatic heterocycles. The summed E-state index contributed by atoms with van der Waals surface area (Å²) < 4.78 is 25.5. The molecule has 37 heavy (non-hydrogen) atoms. The summed E-state index contributed by atoms with van der Waals surface area (Å²) in [7, 11) is 1.63. The van der Waals surface area contributed by atoms with Crippen molar-refractivity contribution in [3.8, 4) is 5.75 Å². The Morgan fingerprint density at radius 1 is 1.11 bits per heavy atom. The van der Waals surface area contributed by atoms with E-state index in [1.807, 2.05) is 34.1 Å². The van der Waals surface area contributed by atoms with Gasteiger partial charge in [0.25, 0.3) is 0 Å². The summed E-state index contributed by atoms with van der Waals surface area (Å²) in [5, 5.41) is 2.62. The Hall–Kier alpha value is -3.82. The third-order valence-corrected chi connectivity index (χ3v) is 6.68. The molecule has 0 unspecified atom stereocenters. The number of anilines is 2. The smallest absolute Gasteiger partial charge is 0.414 e. The van der Waals surface area contributed by atoms with Crippen LogP contribution in [-0.2, 0) is 20.7 Å². The van der Waals surface area contributed by atoms with Gasteiger partial charge in [-0.2, -0.15) is 0 Å². The van der Waals surface area contributed by atoms with E-state index in [0.717, 1.165) is 18.6 Å². The van der Waals surface area contributed by atoms with Gasteiger partial charge in [0.2, 0.25) is 11.8 Å². The number of hydrogen-bond acceptors (Lipinski definition) is 6. The van der Waals surface area contributed by atoms with Crippen LogP contribution in [-0.4, -0.2) is 75.3 Å². The van der Waals surface area contributed by atoms with Crippen LogP contribution >= 0.6 is 0 Å². The molecule has 0 spiro atoms. The topological polar surface area (TPSA) is 91.4 Å². The third kappa shape index (κ3) is 6.69. The monoisotopic (exact) mass is 512 g/mol. The van der Waals surface area contributed by atoms with Crippen LogP contribution in [0.2, 0.25) is 0 Å². The van der Waals surface area contributed by atoms with Crippen LogP contribution in [0.3, 0.4) is 0 Å². The molecular formula is C27H33FN4O5. The quantitative estimate of drug-likeness (QED) is 0.556. The first-order chi connectivity index (χ1) is 17.8. The summed E-state index contributed by atoms with van der Waals surface area (Å²) in [6.07, 6.45) is 1.02. The summed E-state index contributed by atoms with van der Waals surface area (Å²) in [5.74, 6) is 0.287. The van der Waals surface area contributed by atoms with Gasteiger partial charge in [-0.3, -0.25) is 14.5 Å². The molecule has 9 nitrogen and oxygen atoms in total. The first kappa shape index (κ1) is 26.2. The second kappa shape index (κ2) is 11.9. The number of carbonyl (C=O) groups is 3. The molecule has 0 radical (unpaired) electrons. The zero-order valence-electron chi connectivity index (χ0n) is 21.2. The highest BCUT2D eigenvalue weighted by atomic mass is 19.1. The van der Waals surface area contributed by atoms with E-state index < -0.39 is 18.0 Å². The molecule has 2 heterocycles. The molecule has 2 saturated heterocycles. The van der Waals surface area contributed by atoms with E-state index in [9.17, 15) is 14.4 Å². The number of methoxy groups -OCH3 is 1. The third-order valence-electron chi connectivity index (χ3n) is 6.68. The summed E-state index contributed by atoms with van der Waals surface area (Å²) >= 11 is 0. The van der Waals surface area contributed by atoms with Crippen molar-refractivity contribution in [2.45, 2.75) is 32.3 Å². The fourth-order valence-electron chi connectivity index (χ4n) is 4.61. The minimum atomic E-state index is -0.568. The number of aryl methyl sites for hydroxylation is 1. The molecule has 0 aromatic heterocycles. The standard InChI is InChI=1S/C27H33FN4O5/c1-19(33)29-17-23-18-32(27(35)37-23)21-8-11-25(24(28)16-21)30-12-14-31(15-13-30)26(34)5-3-4-20-6-9-22(36-2)10-7-20/h6-11,16,23H,3-5,12-15,17-18H2,1-2H3,(H,29,33)/t23-/m0/s1. The van der Waals surface area contributed by atoms with Crippen LogP contribution in [0, 0.1) is 5.82 Å². The average Bonchev–Trinajstić information content (AvgIpc) is 3.28. The number of benzene rings is 2. The Labute approximate surface area is 216 Å². The SMILES string of the molecule is COc1ccc(CCCC(=O)N2CCN(c3ccc(N4C[C@H](CNC(C)=O)OC4=O)cc3F)CC2)cc1. The zero-order valence-corrected chi connectivity index (χ0v) is 21.2. The molecule has 0 aliphatic carbocycles. The van der Waals surface area contributed by atoms with Gasteiger partial charge in [0.05, 0.1) is 31.6 Å². The van der Waals surface area contributed by atoms with Crippen LogP contribution in [0.25, 0.3) is 0 Å². The number of rotatable bonds is 9. The predicted molar refractivity (Wildman–Crippen MR) is 137 cm³/mol. The molecule has 10 heteroatoms. The van der Waals surface area contributed by atoms with E-state index in [1.165, 1.54) is 23.5 Å². The Morgan fingerprint density at radius 2 is 1.84 bits per heavy atom. The van der Waals surface area contributed by atoms with Crippen molar-refractivity contribution in [2.24, 2.45) is 0 Å². The lowest BCUT2D eigenvalue weighted by Crippen LogP contribution is -2.49. The number of piperazine rings is 1. The van der Waals surface area contributed by atoms with Gasteiger partial charge in [-0.15, -0.1) is 0 Å². The molecule has 2 aromatic carbocycles. The number of halogens is 1. The minimum absolute atomic E-state index is 0.116. The van der Waals surface area contributed by atoms with Crippen LogP contribution < -0.4 is 19.9 Å². The van der Waals surface area contributed by atoms with E-state index >= 15 is 4.39 Å². The lowest BCUT2D eigenvalue weighted by atomic mass is 10.1. The molecule has 1 atom stereocenters. The van der Waals surface area contributed by atoms with Gasteiger partial charge >= 0.3 is 6.09 Å². The molecule has 0 bridgehead atoms. The van der Waals surface area contributed by atoms with Crippen molar-refractivity contribution in [3.05, 3.63) is 53.8 Å². The second-order valence-corrected chi connectivity index (χ2v) is 9.26. The second-order valence-electron chi connectivity index (χ2n) is 9.26. The summed E-state index contributed by atoms with van der Waals surface area (Å²) in [5.41, 5.74) is 2.02. The van der Waals surface area contributed by atoms with Crippen molar-refractivity contribution in [1.29, 1.82) is 0 Å². The lowest BCUT2D eigenvalue weighted by Gasteiger charge is -2.36. The van der Waals surface area contributed by atoms with Crippen LogP contribution in [0.4, 0.5) is 20.6 Å². The number of nitrogens with zero attached hydrogens (tertiary/aromatic N) is 3. The lowest BCUT2D eigenvalue weighted by molar-refractivity contribution is -0.131.